The van der Waals surface area contributed by atoms with Gasteiger partial charge in [0.15, 0.2) is 6.10 Å². The minimum absolute atomic E-state index is 0.0189. The number of rotatable bonds is 5. The number of ether oxygens (including phenoxy) is 1. The van der Waals surface area contributed by atoms with Gasteiger partial charge < -0.3 is 14.6 Å². The van der Waals surface area contributed by atoms with Crippen LogP contribution in [0.15, 0.2) is 30.3 Å². The van der Waals surface area contributed by atoms with Gasteiger partial charge in [0.25, 0.3) is 5.91 Å². The van der Waals surface area contributed by atoms with Crippen LogP contribution >= 0.6 is 0 Å². The topological polar surface area (TPSA) is 60.3 Å². The number of carbonyl (C=O) groups is 2. The molecule has 1 amide bonds. The number of esters is 1. The molecule has 0 spiro atoms. The quantitative estimate of drug-likeness (QED) is 0.752. The Balaban J connectivity index is 1.66. The van der Waals surface area contributed by atoms with Gasteiger partial charge in [0.1, 0.15) is 0 Å². The molecule has 5 nitrogen and oxygen atoms in total. The van der Waals surface area contributed by atoms with Gasteiger partial charge in [-0.25, -0.2) is 4.79 Å². The zero-order valence-electron chi connectivity index (χ0n) is 15.8. The Morgan fingerprint density at radius 3 is 2.50 bits per heavy atom. The number of nitrogens with one attached hydrogen (secondary N) is 1. The van der Waals surface area contributed by atoms with Crippen LogP contribution in [0.3, 0.4) is 0 Å². The Morgan fingerprint density at radius 1 is 1.21 bits per heavy atom. The molecule has 3 rings (SSSR count). The lowest BCUT2D eigenvalue weighted by molar-refractivity contribution is -0.137. The Morgan fingerprint density at radius 2 is 1.89 bits per heavy atom. The maximum atomic E-state index is 12.8. The molecular weight excluding hydrogens is 373 g/mol. The van der Waals surface area contributed by atoms with Crippen LogP contribution in [0.2, 0.25) is 0 Å². The van der Waals surface area contributed by atoms with Crippen molar-refractivity contribution in [2.75, 3.05) is 5.32 Å². The van der Waals surface area contributed by atoms with Gasteiger partial charge in [-0.1, -0.05) is 6.07 Å². The van der Waals surface area contributed by atoms with E-state index >= 15 is 0 Å². The first-order chi connectivity index (χ1) is 13.1. The van der Waals surface area contributed by atoms with Gasteiger partial charge >= 0.3 is 12.1 Å². The minimum atomic E-state index is -4.51. The van der Waals surface area contributed by atoms with Gasteiger partial charge in [-0.05, 0) is 57.9 Å². The van der Waals surface area contributed by atoms with Crippen molar-refractivity contribution in [3.8, 4) is 0 Å². The number of amides is 1. The van der Waals surface area contributed by atoms with Crippen LogP contribution in [0.5, 0.6) is 0 Å². The van der Waals surface area contributed by atoms with E-state index in [1.165, 1.54) is 19.1 Å². The predicted molar refractivity (Wildman–Crippen MR) is 97.1 cm³/mol. The molecule has 1 aromatic carbocycles. The first-order valence-corrected chi connectivity index (χ1v) is 8.95. The number of carbonyl (C=O) groups excluding carboxylic acids is 2. The van der Waals surface area contributed by atoms with E-state index in [-0.39, 0.29) is 5.69 Å². The Labute approximate surface area is 160 Å². The third-order valence-corrected chi connectivity index (χ3v) is 4.73. The number of alkyl halides is 3. The predicted octanol–water partition coefficient (Wildman–Crippen LogP) is 4.64. The molecule has 8 heteroatoms. The van der Waals surface area contributed by atoms with Crippen LogP contribution in [0.25, 0.3) is 0 Å². The van der Waals surface area contributed by atoms with Crippen molar-refractivity contribution in [2.45, 2.75) is 51.9 Å². The molecule has 0 bridgehead atoms. The number of hydrogen-bond donors (Lipinski definition) is 1. The summed E-state index contributed by atoms with van der Waals surface area (Å²) in [5, 5.41) is 2.35. The molecule has 1 fully saturated rings. The van der Waals surface area contributed by atoms with E-state index in [4.69, 9.17) is 4.74 Å². The minimum Gasteiger partial charge on any atom is -0.449 e. The van der Waals surface area contributed by atoms with Gasteiger partial charge in [-0.15, -0.1) is 0 Å². The van der Waals surface area contributed by atoms with E-state index in [1.54, 1.807) is 6.07 Å². The lowest BCUT2D eigenvalue weighted by atomic mass is 10.2. The summed E-state index contributed by atoms with van der Waals surface area (Å²) in [5.74, 6) is -1.34. The Hall–Kier alpha value is -2.77. The lowest BCUT2D eigenvalue weighted by Crippen LogP contribution is -2.30. The summed E-state index contributed by atoms with van der Waals surface area (Å²) in [6, 6.07) is 6.41. The monoisotopic (exact) mass is 394 g/mol. The summed E-state index contributed by atoms with van der Waals surface area (Å²) >= 11 is 0. The van der Waals surface area contributed by atoms with Crippen molar-refractivity contribution in [3.63, 3.8) is 0 Å². The van der Waals surface area contributed by atoms with E-state index in [1.807, 2.05) is 13.8 Å². The molecule has 1 aromatic heterocycles. The molecule has 0 saturated heterocycles. The average Bonchev–Trinajstić information content (AvgIpc) is 3.39. The van der Waals surface area contributed by atoms with Crippen LogP contribution in [-0.4, -0.2) is 22.5 Å². The standard InChI is InChI=1S/C20H21F3N2O3/c1-11-9-17(12(2)25(11)16-7-8-16)19(27)28-13(3)18(26)24-15-6-4-5-14(10-15)20(21,22)23/h4-6,9-10,13,16H,7-8H2,1-3H3,(H,24,26)/t13-/m1/s1. The molecule has 1 aliphatic carbocycles. The fourth-order valence-corrected chi connectivity index (χ4v) is 3.17. The van der Waals surface area contributed by atoms with Gasteiger partial charge in [-0.2, -0.15) is 13.2 Å². The molecule has 1 heterocycles. The summed E-state index contributed by atoms with van der Waals surface area (Å²) in [7, 11) is 0. The second-order valence-electron chi connectivity index (χ2n) is 7.00. The van der Waals surface area contributed by atoms with Gasteiger partial charge in [0.2, 0.25) is 0 Å². The molecular formula is C20H21F3N2O3. The third kappa shape index (κ3) is 4.21. The van der Waals surface area contributed by atoms with Crippen molar-refractivity contribution in [2.24, 2.45) is 0 Å². The normalized spacial score (nSPS) is 15.2. The zero-order valence-corrected chi connectivity index (χ0v) is 15.8. The van der Waals surface area contributed by atoms with Crippen molar-refractivity contribution in [3.05, 3.63) is 52.8 Å². The fourth-order valence-electron chi connectivity index (χ4n) is 3.17. The molecule has 28 heavy (non-hydrogen) atoms. The molecule has 2 aromatic rings. The Kier molecular flexibility index (Phi) is 5.23. The fraction of sp³-hybridized carbons (Fsp3) is 0.400. The number of benzene rings is 1. The number of hydrogen-bond acceptors (Lipinski definition) is 3. The van der Waals surface area contributed by atoms with Crippen LogP contribution in [0.1, 0.15) is 53.1 Å². The molecule has 150 valence electrons. The zero-order chi connectivity index (χ0) is 20.6. The Bertz CT molecular complexity index is 914. The van der Waals surface area contributed by atoms with E-state index in [0.29, 0.717) is 11.6 Å². The van der Waals surface area contributed by atoms with Gasteiger partial charge in [0, 0.05) is 23.1 Å². The number of aryl methyl sites for hydroxylation is 1. The smallest absolute Gasteiger partial charge is 0.416 e. The second-order valence-corrected chi connectivity index (χ2v) is 7.00. The highest BCUT2D eigenvalue weighted by Gasteiger charge is 2.31. The molecule has 0 radical (unpaired) electrons. The van der Waals surface area contributed by atoms with Crippen LogP contribution in [-0.2, 0) is 15.7 Å². The summed E-state index contributed by atoms with van der Waals surface area (Å²) in [4.78, 5) is 24.7. The van der Waals surface area contributed by atoms with Gasteiger partial charge in [-0.3, -0.25) is 4.79 Å². The lowest BCUT2D eigenvalue weighted by Gasteiger charge is -2.15. The summed E-state index contributed by atoms with van der Waals surface area (Å²) in [6.45, 7) is 5.11. The molecule has 1 N–H and O–H groups in total. The van der Waals surface area contributed by atoms with Crippen molar-refractivity contribution >= 4 is 17.6 Å². The van der Waals surface area contributed by atoms with E-state index in [2.05, 4.69) is 9.88 Å². The number of halogens is 3. The first kappa shape index (κ1) is 20.0. The van der Waals surface area contributed by atoms with E-state index < -0.39 is 29.7 Å². The molecule has 1 saturated carbocycles. The highest BCUT2D eigenvalue weighted by molar-refractivity contribution is 5.97. The van der Waals surface area contributed by atoms with Crippen molar-refractivity contribution in [1.29, 1.82) is 0 Å². The largest absolute Gasteiger partial charge is 0.449 e. The number of aromatic nitrogens is 1. The van der Waals surface area contributed by atoms with E-state index in [0.717, 1.165) is 36.4 Å². The van der Waals surface area contributed by atoms with E-state index in [9.17, 15) is 22.8 Å². The SMILES string of the molecule is Cc1cc(C(=O)O[C@H](C)C(=O)Nc2cccc(C(F)(F)F)c2)c(C)n1C1CC1. The molecule has 0 aliphatic heterocycles. The van der Waals surface area contributed by atoms with Crippen LogP contribution in [0.4, 0.5) is 18.9 Å². The highest BCUT2D eigenvalue weighted by atomic mass is 19.4. The molecule has 0 unspecified atom stereocenters. The van der Waals surface area contributed by atoms with Gasteiger partial charge in [0.05, 0.1) is 11.1 Å². The average molecular weight is 394 g/mol. The number of anilines is 1. The maximum Gasteiger partial charge on any atom is 0.416 e. The maximum absolute atomic E-state index is 12.8. The van der Waals surface area contributed by atoms with Crippen molar-refractivity contribution in [1.82, 2.24) is 4.57 Å². The van der Waals surface area contributed by atoms with Crippen molar-refractivity contribution < 1.29 is 27.5 Å². The summed E-state index contributed by atoms with van der Waals surface area (Å²) < 4.78 is 45.6. The third-order valence-electron chi connectivity index (χ3n) is 4.73. The summed E-state index contributed by atoms with van der Waals surface area (Å²) in [6.07, 6.45) is -3.53. The number of nitrogens with zero attached hydrogens (tertiary/aromatic N) is 1. The second kappa shape index (κ2) is 7.33. The summed E-state index contributed by atoms with van der Waals surface area (Å²) in [5.41, 5.74) is 1.24. The molecule has 1 aliphatic rings. The highest BCUT2D eigenvalue weighted by Crippen LogP contribution is 2.38. The molecule has 1 atom stereocenters. The van der Waals surface area contributed by atoms with Crippen LogP contribution in [0, 0.1) is 13.8 Å². The first-order valence-electron chi connectivity index (χ1n) is 8.95. The van der Waals surface area contributed by atoms with Crippen LogP contribution < -0.4 is 5.32 Å².